The van der Waals surface area contributed by atoms with Gasteiger partial charge in [-0.05, 0) is 36.4 Å². The first-order chi connectivity index (χ1) is 13.1. The third-order valence-corrected chi connectivity index (χ3v) is 3.99. The third-order valence-electron chi connectivity index (χ3n) is 3.99. The van der Waals surface area contributed by atoms with E-state index in [0.29, 0.717) is 23.0 Å². The molecule has 134 valence electrons. The van der Waals surface area contributed by atoms with Crippen LogP contribution < -0.4 is 10.6 Å². The standard InChI is InChI=1S/C19H16N6O2/c1-20-18(27)12-5-7-14(8-6-12)22-19-23-16-9-10-21-17(25(16)24-19)13-3-2-4-15(26)11-13/h2-11,26H,1H3,(H,20,27)(H,22,24). The average Bonchev–Trinajstić information content (AvgIpc) is 3.10. The maximum absolute atomic E-state index is 11.6. The van der Waals surface area contributed by atoms with Crippen LogP contribution in [0.15, 0.2) is 60.8 Å². The van der Waals surface area contributed by atoms with E-state index in [1.807, 2.05) is 6.07 Å². The van der Waals surface area contributed by atoms with Gasteiger partial charge < -0.3 is 15.7 Å². The van der Waals surface area contributed by atoms with Crippen molar-refractivity contribution < 1.29 is 9.90 Å². The van der Waals surface area contributed by atoms with Crippen molar-refractivity contribution in [2.24, 2.45) is 0 Å². The van der Waals surface area contributed by atoms with E-state index in [4.69, 9.17) is 0 Å². The molecule has 2 heterocycles. The smallest absolute Gasteiger partial charge is 0.251 e. The number of aromatic nitrogens is 4. The van der Waals surface area contributed by atoms with Crippen molar-refractivity contribution in [3.05, 3.63) is 66.4 Å². The van der Waals surface area contributed by atoms with Gasteiger partial charge in [-0.3, -0.25) is 4.79 Å². The fraction of sp³-hybridized carbons (Fsp3) is 0.0526. The molecule has 0 aliphatic rings. The zero-order chi connectivity index (χ0) is 18.8. The van der Waals surface area contributed by atoms with Gasteiger partial charge in [-0.2, -0.15) is 9.50 Å². The number of rotatable bonds is 4. The van der Waals surface area contributed by atoms with E-state index in [0.717, 1.165) is 11.3 Å². The molecular formula is C19H16N6O2. The molecule has 0 aliphatic carbocycles. The van der Waals surface area contributed by atoms with Crippen LogP contribution in [-0.2, 0) is 0 Å². The number of hydrogen-bond acceptors (Lipinski definition) is 6. The molecule has 0 atom stereocenters. The Hall–Kier alpha value is -3.94. The summed E-state index contributed by atoms with van der Waals surface area (Å²) in [6.07, 6.45) is 1.64. The number of benzene rings is 2. The van der Waals surface area contributed by atoms with Crippen molar-refractivity contribution in [1.82, 2.24) is 24.9 Å². The molecule has 3 N–H and O–H groups in total. The van der Waals surface area contributed by atoms with Crippen molar-refractivity contribution in [3.8, 4) is 17.1 Å². The molecule has 0 aliphatic heterocycles. The Labute approximate surface area is 154 Å². The van der Waals surface area contributed by atoms with E-state index in [-0.39, 0.29) is 11.7 Å². The Bertz CT molecular complexity index is 1120. The summed E-state index contributed by atoms with van der Waals surface area (Å²) in [5, 5.41) is 19.9. The lowest BCUT2D eigenvalue weighted by molar-refractivity contribution is 0.0963. The number of carbonyl (C=O) groups excluding carboxylic acids is 1. The summed E-state index contributed by atoms with van der Waals surface area (Å²) in [6.45, 7) is 0. The van der Waals surface area contributed by atoms with Crippen LogP contribution in [-0.4, -0.2) is 37.6 Å². The van der Waals surface area contributed by atoms with E-state index >= 15 is 0 Å². The van der Waals surface area contributed by atoms with Crippen LogP contribution in [0.4, 0.5) is 11.6 Å². The molecule has 8 heteroatoms. The predicted octanol–water partition coefficient (Wildman–Crippen LogP) is 2.60. The first-order valence-electron chi connectivity index (χ1n) is 8.24. The van der Waals surface area contributed by atoms with Crippen molar-refractivity contribution in [1.29, 1.82) is 0 Å². The summed E-state index contributed by atoms with van der Waals surface area (Å²) in [6, 6.07) is 15.6. The van der Waals surface area contributed by atoms with Gasteiger partial charge in [0.05, 0.1) is 0 Å². The molecule has 0 saturated heterocycles. The zero-order valence-corrected chi connectivity index (χ0v) is 14.4. The van der Waals surface area contributed by atoms with E-state index in [2.05, 4.69) is 25.7 Å². The number of nitrogens with one attached hydrogen (secondary N) is 2. The number of nitrogens with zero attached hydrogens (tertiary/aromatic N) is 4. The second kappa shape index (κ2) is 6.75. The highest BCUT2D eigenvalue weighted by molar-refractivity contribution is 5.94. The fourth-order valence-electron chi connectivity index (χ4n) is 2.69. The lowest BCUT2D eigenvalue weighted by Gasteiger charge is -2.04. The molecule has 27 heavy (non-hydrogen) atoms. The largest absolute Gasteiger partial charge is 0.508 e. The number of aromatic hydroxyl groups is 1. The summed E-state index contributed by atoms with van der Waals surface area (Å²) in [5.74, 6) is 0.978. The van der Waals surface area contributed by atoms with Crippen LogP contribution in [0.3, 0.4) is 0 Å². The quantitative estimate of drug-likeness (QED) is 0.517. The van der Waals surface area contributed by atoms with Gasteiger partial charge in [-0.1, -0.05) is 12.1 Å². The van der Waals surface area contributed by atoms with E-state index < -0.39 is 0 Å². The first kappa shape index (κ1) is 16.5. The van der Waals surface area contributed by atoms with E-state index in [1.54, 1.807) is 66.3 Å². The Morgan fingerprint density at radius 2 is 1.93 bits per heavy atom. The highest BCUT2D eigenvalue weighted by atomic mass is 16.3. The summed E-state index contributed by atoms with van der Waals surface area (Å²) < 4.78 is 1.61. The summed E-state index contributed by atoms with van der Waals surface area (Å²) in [4.78, 5) is 20.4. The number of phenolic OH excluding ortho intramolecular Hbond substituents is 1. The fourth-order valence-corrected chi connectivity index (χ4v) is 2.69. The van der Waals surface area contributed by atoms with Gasteiger partial charge in [-0.15, -0.1) is 5.10 Å². The number of fused-ring (bicyclic) bond motifs is 1. The highest BCUT2D eigenvalue weighted by Gasteiger charge is 2.11. The van der Waals surface area contributed by atoms with Gasteiger partial charge >= 0.3 is 0 Å². The molecular weight excluding hydrogens is 344 g/mol. The van der Waals surface area contributed by atoms with Crippen molar-refractivity contribution in [3.63, 3.8) is 0 Å². The summed E-state index contributed by atoms with van der Waals surface area (Å²) in [7, 11) is 1.59. The normalized spacial score (nSPS) is 10.7. The van der Waals surface area contributed by atoms with Gasteiger partial charge in [0.25, 0.3) is 5.91 Å². The minimum atomic E-state index is -0.144. The Morgan fingerprint density at radius 1 is 1.11 bits per heavy atom. The minimum absolute atomic E-state index is 0.144. The van der Waals surface area contributed by atoms with Crippen LogP contribution in [0, 0.1) is 0 Å². The van der Waals surface area contributed by atoms with Crippen LogP contribution in [0.5, 0.6) is 5.75 Å². The van der Waals surface area contributed by atoms with Gasteiger partial charge in [-0.25, -0.2) is 4.98 Å². The van der Waals surface area contributed by atoms with Crippen LogP contribution in [0.1, 0.15) is 10.4 Å². The van der Waals surface area contributed by atoms with Crippen LogP contribution >= 0.6 is 0 Å². The number of carbonyl (C=O) groups is 1. The van der Waals surface area contributed by atoms with Gasteiger partial charge in [0, 0.05) is 36.1 Å². The van der Waals surface area contributed by atoms with Crippen LogP contribution in [0.2, 0.25) is 0 Å². The molecule has 1 amide bonds. The van der Waals surface area contributed by atoms with E-state index in [9.17, 15) is 9.90 Å². The van der Waals surface area contributed by atoms with Gasteiger partial charge in [0.1, 0.15) is 5.75 Å². The number of phenols is 1. The molecule has 0 radical (unpaired) electrons. The second-order valence-electron chi connectivity index (χ2n) is 5.81. The maximum Gasteiger partial charge on any atom is 0.251 e. The van der Waals surface area contributed by atoms with Crippen molar-refractivity contribution in [2.45, 2.75) is 0 Å². The lowest BCUT2D eigenvalue weighted by Crippen LogP contribution is -2.17. The monoisotopic (exact) mass is 360 g/mol. The van der Waals surface area contributed by atoms with Crippen molar-refractivity contribution in [2.75, 3.05) is 12.4 Å². The minimum Gasteiger partial charge on any atom is -0.508 e. The van der Waals surface area contributed by atoms with Crippen molar-refractivity contribution >= 4 is 23.2 Å². The summed E-state index contributed by atoms with van der Waals surface area (Å²) in [5.41, 5.74) is 2.67. The molecule has 8 nitrogen and oxygen atoms in total. The van der Waals surface area contributed by atoms with Crippen LogP contribution in [0.25, 0.3) is 17.0 Å². The predicted molar refractivity (Wildman–Crippen MR) is 101 cm³/mol. The van der Waals surface area contributed by atoms with Gasteiger partial charge in [0.2, 0.25) is 5.95 Å². The molecule has 0 saturated carbocycles. The molecule has 4 rings (SSSR count). The summed E-state index contributed by atoms with van der Waals surface area (Å²) >= 11 is 0. The molecule has 2 aromatic heterocycles. The lowest BCUT2D eigenvalue weighted by atomic mass is 10.2. The molecule has 0 spiro atoms. The zero-order valence-electron chi connectivity index (χ0n) is 14.4. The Kier molecular flexibility index (Phi) is 4.13. The topological polar surface area (TPSA) is 104 Å². The SMILES string of the molecule is CNC(=O)c1ccc(Nc2nc3ccnc(-c4cccc(O)c4)n3n2)cc1. The first-order valence-corrected chi connectivity index (χ1v) is 8.24. The average molecular weight is 360 g/mol. The maximum atomic E-state index is 11.6. The Morgan fingerprint density at radius 3 is 2.67 bits per heavy atom. The number of anilines is 2. The highest BCUT2D eigenvalue weighted by Crippen LogP contribution is 2.23. The Balaban J connectivity index is 1.66. The molecule has 0 unspecified atom stereocenters. The molecule has 4 aromatic rings. The third kappa shape index (κ3) is 3.28. The second-order valence-corrected chi connectivity index (χ2v) is 5.81. The molecule has 0 fully saturated rings. The number of hydrogen-bond donors (Lipinski definition) is 3. The number of amides is 1. The molecule has 0 bridgehead atoms. The molecule has 2 aromatic carbocycles. The van der Waals surface area contributed by atoms with E-state index in [1.165, 1.54) is 0 Å². The van der Waals surface area contributed by atoms with Gasteiger partial charge in [0.15, 0.2) is 11.5 Å².